The minimum Gasteiger partial charge on any atom is -0.469 e. The van der Waals surface area contributed by atoms with Crippen LogP contribution in [0.25, 0.3) is 0 Å². The molecular weight excluding hydrogens is 190 g/mol. The van der Waals surface area contributed by atoms with Crippen LogP contribution in [0.5, 0.6) is 0 Å². The van der Waals surface area contributed by atoms with E-state index >= 15 is 0 Å². The van der Waals surface area contributed by atoms with E-state index in [1.807, 2.05) is 19.1 Å². The molecule has 3 heteroatoms. The summed E-state index contributed by atoms with van der Waals surface area (Å²) in [4.78, 5) is 11.4. The van der Waals surface area contributed by atoms with Crippen molar-refractivity contribution in [3.05, 3.63) is 36.1 Å². The van der Waals surface area contributed by atoms with E-state index in [-0.39, 0.29) is 11.9 Å². The van der Waals surface area contributed by atoms with Crippen molar-refractivity contribution in [3.8, 4) is 0 Å². The SMILES string of the molecule is C=C/C=C1/NCC(C(=O)OC)C/C1=C/C. The van der Waals surface area contributed by atoms with Crippen molar-refractivity contribution in [1.82, 2.24) is 5.32 Å². The molecule has 1 heterocycles. The van der Waals surface area contributed by atoms with Crippen molar-refractivity contribution in [2.45, 2.75) is 13.3 Å². The van der Waals surface area contributed by atoms with Gasteiger partial charge in [0.05, 0.1) is 13.0 Å². The molecule has 15 heavy (non-hydrogen) atoms. The third-order valence-electron chi connectivity index (χ3n) is 2.52. The van der Waals surface area contributed by atoms with Crippen LogP contribution < -0.4 is 5.32 Å². The van der Waals surface area contributed by atoms with Gasteiger partial charge in [-0.2, -0.15) is 0 Å². The van der Waals surface area contributed by atoms with Crippen LogP contribution in [0, 0.1) is 5.92 Å². The van der Waals surface area contributed by atoms with Crippen molar-refractivity contribution in [1.29, 1.82) is 0 Å². The number of methoxy groups -OCH3 is 1. The molecule has 0 spiro atoms. The molecule has 0 aliphatic carbocycles. The van der Waals surface area contributed by atoms with Gasteiger partial charge < -0.3 is 10.1 Å². The highest BCUT2D eigenvalue weighted by atomic mass is 16.5. The highest BCUT2D eigenvalue weighted by molar-refractivity contribution is 5.73. The summed E-state index contributed by atoms with van der Waals surface area (Å²) < 4.78 is 4.73. The molecule has 1 aliphatic rings. The number of ether oxygens (including phenoxy) is 1. The van der Waals surface area contributed by atoms with Gasteiger partial charge in [0.25, 0.3) is 0 Å². The minimum absolute atomic E-state index is 0.0804. The quantitative estimate of drug-likeness (QED) is 0.701. The van der Waals surface area contributed by atoms with Gasteiger partial charge in [0.2, 0.25) is 0 Å². The Kier molecular flexibility index (Phi) is 4.16. The van der Waals surface area contributed by atoms with Gasteiger partial charge in [0, 0.05) is 12.2 Å². The highest BCUT2D eigenvalue weighted by Crippen LogP contribution is 2.23. The fourth-order valence-electron chi connectivity index (χ4n) is 1.68. The first kappa shape index (κ1) is 11.6. The molecule has 0 amide bonds. The molecule has 3 nitrogen and oxygen atoms in total. The topological polar surface area (TPSA) is 38.3 Å². The molecule has 0 saturated carbocycles. The van der Waals surface area contributed by atoms with Crippen LogP contribution in [-0.2, 0) is 9.53 Å². The number of allylic oxidation sites excluding steroid dienone is 4. The lowest BCUT2D eigenvalue weighted by molar-refractivity contribution is -0.145. The molecule has 0 bridgehead atoms. The molecule has 0 aromatic rings. The third kappa shape index (κ3) is 2.72. The summed E-state index contributed by atoms with van der Waals surface area (Å²) in [6.45, 7) is 6.25. The van der Waals surface area contributed by atoms with Gasteiger partial charge in [-0.15, -0.1) is 0 Å². The second-order valence-corrected chi connectivity index (χ2v) is 3.44. The molecule has 1 atom stereocenters. The third-order valence-corrected chi connectivity index (χ3v) is 2.52. The first-order valence-corrected chi connectivity index (χ1v) is 5.03. The number of nitrogens with one attached hydrogen (secondary N) is 1. The van der Waals surface area contributed by atoms with E-state index in [9.17, 15) is 4.79 Å². The van der Waals surface area contributed by atoms with Crippen LogP contribution in [0.3, 0.4) is 0 Å². The van der Waals surface area contributed by atoms with Crippen LogP contribution >= 0.6 is 0 Å². The number of esters is 1. The molecule has 1 rings (SSSR count). The largest absolute Gasteiger partial charge is 0.469 e. The summed E-state index contributed by atoms with van der Waals surface area (Å²) in [7, 11) is 1.42. The van der Waals surface area contributed by atoms with Crippen molar-refractivity contribution in [2.75, 3.05) is 13.7 Å². The Morgan fingerprint density at radius 2 is 2.40 bits per heavy atom. The van der Waals surface area contributed by atoms with Gasteiger partial charge in [-0.25, -0.2) is 0 Å². The number of carbonyl (C=O) groups excluding carboxylic acids is 1. The van der Waals surface area contributed by atoms with Gasteiger partial charge in [0.15, 0.2) is 0 Å². The number of carbonyl (C=O) groups is 1. The van der Waals surface area contributed by atoms with E-state index in [0.717, 1.165) is 17.7 Å². The average molecular weight is 207 g/mol. The van der Waals surface area contributed by atoms with Crippen molar-refractivity contribution >= 4 is 5.97 Å². The Morgan fingerprint density at radius 1 is 1.67 bits per heavy atom. The number of hydrogen-bond acceptors (Lipinski definition) is 3. The van der Waals surface area contributed by atoms with Crippen LogP contribution in [-0.4, -0.2) is 19.6 Å². The van der Waals surface area contributed by atoms with Crippen LogP contribution in [0.4, 0.5) is 0 Å². The monoisotopic (exact) mass is 207 g/mol. The van der Waals surface area contributed by atoms with Gasteiger partial charge in [0.1, 0.15) is 0 Å². The van der Waals surface area contributed by atoms with Crippen LogP contribution in [0.1, 0.15) is 13.3 Å². The van der Waals surface area contributed by atoms with Gasteiger partial charge in [-0.1, -0.05) is 18.7 Å². The van der Waals surface area contributed by atoms with Gasteiger partial charge in [-0.05, 0) is 25.0 Å². The Labute approximate surface area is 90.5 Å². The Morgan fingerprint density at radius 3 is 2.93 bits per heavy atom. The molecule has 1 aliphatic heterocycles. The average Bonchev–Trinajstić information content (AvgIpc) is 2.29. The smallest absolute Gasteiger partial charge is 0.310 e. The zero-order chi connectivity index (χ0) is 11.3. The summed E-state index contributed by atoms with van der Waals surface area (Å²) >= 11 is 0. The summed E-state index contributed by atoms with van der Waals surface area (Å²) in [5.41, 5.74) is 2.18. The fourth-order valence-corrected chi connectivity index (χ4v) is 1.68. The molecular formula is C12H17NO2. The van der Waals surface area contributed by atoms with Crippen LogP contribution in [0.2, 0.25) is 0 Å². The van der Waals surface area contributed by atoms with Crippen LogP contribution in [0.15, 0.2) is 36.1 Å². The lowest BCUT2D eigenvalue weighted by atomic mass is 9.92. The van der Waals surface area contributed by atoms with Crippen molar-refractivity contribution in [3.63, 3.8) is 0 Å². The summed E-state index contributed by atoms with van der Waals surface area (Å²) in [5.74, 6) is -0.234. The zero-order valence-electron chi connectivity index (χ0n) is 9.25. The first-order chi connectivity index (χ1) is 7.22. The second-order valence-electron chi connectivity index (χ2n) is 3.44. The molecule has 1 unspecified atom stereocenters. The maximum absolute atomic E-state index is 11.4. The molecule has 0 aromatic heterocycles. The van der Waals surface area contributed by atoms with Crippen molar-refractivity contribution in [2.24, 2.45) is 5.92 Å². The lowest BCUT2D eigenvalue weighted by Crippen LogP contribution is -2.35. The van der Waals surface area contributed by atoms with Crippen molar-refractivity contribution < 1.29 is 9.53 Å². The number of piperidine rings is 1. The normalized spacial score (nSPS) is 26.1. The Balaban J connectivity index is 2.76. The number of hydrogen-bond donors (Lipinski definition) is 1. The minimum atomic E-state index is -0.153. The van der Waals surface area contributed by atoms with Gasteiger partial charge in [-0.3, -0.25) is 4.79 Å². The Hall–Kier alpha value is -1.51. The van der Waals surface area contributed by atoms with E-state index in [1.165, 1.54) is 7.11 Å². The first-order valence-electron chi connectivity index (χ1n) is 5.03. The van der Waals surface area contributed by atoms with E-state index < -0.39 is 0 Å². The predicted octanol–water partition coefficient (Wildman–Crippen LogP) is 1.79. The molecule has 1 fully saturated rings. The summed E-state index contributed by atoms with van der Waals surface area (Å²) in [6.07, 6.45) is 6.40. The number of rotatable bonds is 2. The van der Waals surface area contributed by atoms with E-state index in [1.54, 1.807) is 6.08 Å². The molecule has 0 radical (unpaired) electrons. The van der Waals surface area contributed by atoms with E-state index in [2.05, 4.69) is 11.9 Å². The predicted molar refractivity (Wildman–Crippen MR) is 60.2 cm³/mol. The Bertz CT molecular complexity index is 316. The standard InChI is InChI=1S/C12H17NO2/c1-4-6-11-9(5-2)7-10(8-13-11)12(14)15-3/h4-6,10,13H,1,7-8H2,2-3H3/b9-5-,11-6+. The second kappa shape index (κ2) is 5.39. The zero-order valence-corrected chi connectivity index (χ0v) is 9.25. The van der Waals surface area contributed by atoms with Gasteiger partial charge >= 0.3 is 5.97 Å². The molecule has 1 N–H and O–H groups in total. The highest BCUT2D eigenvalue weighted by Gasteiger charge is 2.25. The maximum atomic E-state index is 11.4. The summed E-state index contributed by atoms with van der Waals surface area (Å²) in [5, 5.41) is 3.21. The maximum Gasteiger partial charge on any atom is 0.310 e. The fraction of sp³-hybridized carbons (Fsp3) is 0.417. The van der Waals surface area contributed by atoms with E-state index in [0.29, 0.717) is 6.54 Å². The molecule has 1 saturated heterocycles. The lowest BCUT2D eigenvalue weighted by Gasteiger charge is -2.26. The van der Waals surface area contributed by atoms with E-state index in [4.69, 9.17) is 4.74 Å². The molecule has 82 valence electrons. The summed E-state index contributed by atoms with van der Waals surface area (Å²) in [6, 6.07) is 0. The molecule has 0 aromatic carbocycles.